The molecule has 1 N–H and O–H groups in total. The summed E-state index contributed by atoms with van der Waals surface area (Å²) in [5.74, 6) is 1.75. The van der Waals surface area contributed by atoms with Gasteiger partial charge in [0.1, 0.15) is 18.2 Å². The lowest BCUT2D eigenvalue weighted by Gasteiger charge is -2.24. The number of aryl methyl sites for hydroxylation is 1. The first-order valence-corrected chi connectivity index (χ1v) is 11.6. The molecule has 11 heteroatoms. The molecule has 5 aromatic rings. The number of nitrogens with zero attached hydrogens (tertiary/aromatic N) is 8. The van der Waals surface area contributed by atoms with Crippen molar-refractivity contribution in [2.45, 2.75) is 19.8 Å². The van der Waals surface area contributed by atoms with Crippen LogP contribution in [0.15, 0.2) is 54.9 Å². The molecule has 11 nitrogen and oxygen atoms in total. The van der Waals surface area contributed by atoms with Crippen LogP contribution in [0.5, 0.6) is 0 Å². The second-order valence-corrected chi connectivity index (χ2v) is 8.81. The largest absolute Gasteiger partial charge is 0.380 e. The van der Waals surface area contributed by atoms with Crippen LogP contribution in [0, 0.1) is 18.3 Å². The number of aromatic nitrogens is 7. The molecule has 1 aromatic carbocycles. The standard InChI is InChI=1S/C26H21N9O2/c1-15-9-19(11-27)33-35(15)26-20(16(2)36)4-8-25(30-26)34-14-28-22-10-18(3-6-23(22)34)29-24-7-5-21(31-32-24)17-12-37-13-17/h3-10,14,17H,12-13H2,1-2H3,(H,29,32). The Labute approximate surface area is 211 Å². The summed E-state index contributed by atoms with van der Waals surface area (Å²) in [5.41, 5.74) is 4.71. The number of pyridine rings is 1. The lowest BCUT2D eigenvalue weighted by Crippen LogP contribution is -2.26. The van der Waals surface area contributed by atoms with E-state index in [9.17, 15) is 10.1 Å². The third kappa shape index (κ3) is 4.09. The van der Waals surface area contributed by atoms with Crippen molar-refractivity contribution in [1.82, 2.24) is 34.5 Å². The minimum absolute atomic E-state index is 0.147. The molecular formula is C26H21N9O2. The van der Waals surface area contributed by atoms with E-state index in [1.54, 1.807) is 24.5 Å². The van der Waals surface area contributed by atoms with Gasteiger partial charge in [0.25, 0.3) is 0 Å². The van der Waals surface area contributed by atoms with E-state index in [-0.39, 0.29) is 11.5 Å². The molecule has 1 saturated heterocycles. The summed E-state index contributed by atoms with van der Waals surface area (Å²) in [6, 6.07) is 16.8. The zero-order chi connectivity index (χ0) is 25.5. The first-order valence-electron chi connectivity index (χ1n) is 11.6. The number of rotatable bonds is 6. The van der Waals surface area contributed by atoms with Gasteiger partial charge >= 0.3 is 0 Å². The Morgan fingerprint density at radius 2 is 2.00 bits per heavy atom. The lowest BCUT2D eigenvalue weighted by molar-refractivity contribution is 0.00638. The predicted molar refractivity (Wildman–Crippen MR) is 134 cm³/mol. The number of nitrogens with one attached hydrogen (secondary N) is 1. The van der Waals surface area contributed by atoms with Gasteiger partial charge in [0.15, 0.2) is 23.1 Å². The molecule has 5 heterocycles. The molecule has 0 atom stereocenters. The molecule has 6 rings (SSSR count). The van der Waals surface area contributed by atoms with Crippen LogP contribution in [0.1, 0.15) is 40.3 Å². The molecular weight excluding hydrogens is 470 g/mol. The second-order valence-electron chi connectivity index (χ2n) is 8.81. The minimum atomic E-state index is -0.147. The third-order valence-electron chi connectivity index (χ3n) is 6.25. The molecule has 37 heavy (non-hydrogen) atoms. The van der Waals surface area contributed by atoms with Gasteiger partial charge in [-0.3, -0.25) is 9.36 Å². The van der Waals surface area contributed by atoms with Gasteiger partial charge in [-0.05, 0) is 62.4 Å². The molecule has 1 fully saturated rings. The third-order valence-corrected chi connectivity index (χ3v) is 6.25. The number of anilines is 2. The van der Waals surface area contributed by atoms with Gasteiger partial charge in [-0.2, -0.15) is 15.5 Å². The van der Waals surface area contributed by atoms with E-state index in [4.69, 9.17) is 9.72 Å². The number of ether oxygens (including phenoxy) is 1. The van der Waals surface area contributed by atoms with E-state index in [0.717, 1.165) is 22.4 Å². The Kier molecular flexibility index (Phi) is 5.43. The highest BCUT2D eigenvalue weighted by atomic mass is 16.5. The van der Waals surface area contributed by atoms with Crippen molar-refractivity contribution in [2.75, 3.05) is 18.5 Å². The van der Waals surface area contributed by atoms with Crippen LogP contribution in [0.2, 0.25) is 0 Å². The summed E-state index contributed by atoms with van der Waals surface area (Å²) >= 11 is 0. The fraction of sp³-hybridized carbons (Fsp3) is 0.192. The maximum atomic E-state index is 12.3. The Morgan fingerprint density at radius 3 is 2.68 bits per heavy atom. The summed E-state index contributed by atoms with van der Waals surface area (Å²) in [6.07, 6.45) is 1.68. The average Bonchev–Trinajstić information content (AvgIpc) is 3.46. The van der Waals surface area contributed by atoms with Crippen molar-refractivity contribution < 1.29 is 9.53 Å². The predicted octanol–water partition coefficient (Wildman–Crippen LogP) is 3.64. The van der Waals surface area contributed by atoms with Crippen LogP contribution in [0.25, 0.3) is 22.7 Å². The van der Waals surface area contributed by atoms with Gasteiger partial charge in [-0.15, -0.1) is 5.10 Å². The molecule has 1 aliphatic rings. The Balaban J connectivity index is 1.32. The summed E-state index contributed by atoms with van der Waals surface area (Å²) in [4.78, 5) is 21.6. The molecule has 182 valence electrons. The molecule has 0 radical (unpaired) electrons. The maximum absolute atomic E-state index is 12.3. The summed E-state index contributed by atoms with van der Waals surface area (Å²) in [6.45, 7) is 4.67. The molecule has 0 unspecified atom stereocenters. The van der Waals surface area contributed by atoms with Crippen LogP contribution in [0.3, 0.4) is 0 Å². The quantitative estimate of drug-likeness (QED) is 0.353. The van der Waals surface area contributed by atoms with Crippen molar-refractivity contribution >= 4 is 28.3 Å². The molecule has 0 bridgehead atoms. The summed E-state index contributed by atoms with van der Waals surface area (Å²) in [5, 5.41) is 25.4. The van der Waals surface area contributed by atoms with Gasteiger partial charge in [0.2, 0.25) is 0 Å². The molecule has 0 amide bonds. The minimum Gasteiger partial charge on any atom is -0.380 e. The normalized spacial score (nSPS) is 13.3. The van der Waals surface area contributed by atoms with Crippen LogP contribution in [-0.4, -0.2) is 53.5 Å². The highest BCUT2D eigenvalue weighted by Gasteiger charge is 2.22. The van der Waals surface area contributed by atoms with E-state index in [0.29, 0.717) is 47.8 Å². The number of benzene rings is 1. The number of imidazole rings is 1. The number of ketones is 1. The topological polar surface area (TPSA) is 136 Å². The van der Waals surface area contributed by atoms with E-state index < -0.39 is 0 Å². The lowest BCUT2D eigenvalue weighted by atomic mass is 10.0. The smallest absolute Gasteiger partial charge is 0.166 e. The fourth-order valence-electron chi connectivity index (χ4n) is 4.21. The SMILES string of the molecule is CC(=O)c1ccc(-n2cnc3cc(Nc4ccc(C5COC5)nn4)ccc32)nc1-n1nc(C#N)cc1C. The number of carbonyl (C=O) groups is 1. The van der Waals surface area contributed by atoms with Crippen LogP contribution < -0.4 is 5.32 Å². The highest BCUT2D eigenvalue weighted by molar-refractivity contribution is 5.97. The zero-order valence-electron chi connectivity index (χ0n) is 20.1. The molecule has 0 aliphatic carbocycles. The van der Waals surface area contributed by atoms with Gasteiger partial charge in [-0.25, -0.2) is 14.6 Å². The van der Waals surface area contributed by atoms with Crippen molar-refractivity contribution in [3.63, 3.8) is 0 Å². The monoisotopic (exact) mass is 491 g/mol. The van der Waals surface area contributed by atoms with E-state index in [1.165, 1.54) is 11.6 Å². The van der Waals surface area contributed by atoms with Gasteiger partial charge in [0, 0.05) is 17.3 Å². The van der Waals surface area contributed by atoms with Gasteiger partial charge in [0.05, 0.1) is 35.5 Å². The number of nitriles is 1. The number of hydrogen-bond acceptors (Lipinski definition) is 9. The number of hydrogen-bond donors (Lipinski definition) is 1. The van der Waals surface area contributed by atoms with Crippen LogP contribution >= 0.6 is 0 Å². The average molecular weight is 492 g/mol. The van der Waals surface area contributed by atoms with Crippen LogP contribution in [-0.2, 0) is 4.74 Å². The van der Waals surface area contributed by atoms with E-state index >= 15 is 0 Å². The Hall–Kier alpha value is -4.95. The number of Topliss-reactive ketones (excluding diaryl/α,β-unsaturated/α-hetero) is 1. The summed E-state index contributed by atoms with van der Waals surface area (Å²) in [7, 11) is 0. The van der Waals surface area contributed by atoms with Crippen molar-refractivity contribution in [2.24, 2.45) is 0 Å². The number of fused-ring (bicyclic) bond motifs is 1. The molecule has 4 aromatic heterocycles. The molecule has 0 saturated carbocycles. The van der Waals surface area contributed by atoms with Gasteiger partial charge in [-0.1, -0.05) is 0 Å². The van der Waals surface area contributed by atoms with Gasteiger partial charge < -0.3 is 10.1 Å². The Bertz CT molecular complexity index is 1690. The first-order chi connectivity index (χ1) is 18.0. The van der Waals surface area contributed by atoms with Crippen molar-refractivity contribution in [1.29, 1.82) is 5.26 Å². The first kappa shape index (κ1) is 22.5. The maximum Gasteiger partial charge on any atom is 0.166 e. The zero-order valence-corrected chi connectivity index (χ0v) is 20.1. The Morgan fingerprint density at radius 1 is 1.14 bits per heavy atom. The molecule has 0 spiro atoms. The van der Waals surface area contributed by atoms with Crippen molar-refractivity contribution in [3.05, 3.63) is 77.5 Å². The van der Waals surface area contributed by atoms with E-state index in [2.05, 4.69) is 25.6 Å². The fourth-order valence-corrected chi connectivity index (χ4v) is 4.21. The molecule has 1 aliphatic heterocycles. The van der Waals surface area contributed by atoms with Crippen molar-refractivity contribution in [3.8, 4) is 17.7 Å². The summed E-state index contributed by atoms with van der Waals surface area (Å²) < 4.78 is 8.58. The number of carbonyl (C=O) groups excluding carboxylic acids is 1. The van der Waals surface area contributed by atoms with E-state index in [1.807, 2.05) is 47.9 Å². The van der Waals surface area contributed by atoms with Crippen LogP contribution in [0.4, 0.5) is 11.5 Å². The highest BCUT2D eigenvalue weighted by Crippen LogP contribution is 2.26. The second kappa shape index (κ2) is 8.92.